The molecule has 0 spiro atoms. The highest BCUT2D eigenvalue weighted by atomic mass is 32.1. The van der Waals surface area contributed by atoms with E-state index in [9.17, 15) is 9.59 Å². The summed E-state index contributed by atoms with van der Waals surface area (Å²) in [6, 6.07) is 3.90. The van der Waals surface area contributed by atoms with Gasteiger partial charge in [-0.3, -0.25) is 9.59 Å². The summed E-state index contributed by atoms with van der Waals surface area (Å²) in [4.78, 5) is 27.0. The third-order valence-electron chi connectivity index (χ3n) is 2.83. The Morgan fingerprint density at radius 1 is 1.38 bits per heavy atom. The molecule has 1 aliphatic heterocycles. The van der Waals surface area contributed by atoms with Crippen molar-refractivity contribution in [2.75, 3.05) is 13.1 Å². The van der Waals surface area contributed by atoms with Crippen molar-refractivity contribution < 1.29 is 9.59 Å². The van der Waals surface area contributed by atoms with Crippen molar-refractivity contribution in [3.8, 4) is 0 Å². The average molecular weight is 237 g/mol. The molecule has 4 heteroatoms. The maximum atomic E-state index is 12.1. The number of nitrogens with zero attached hydrogens (tertiary/aromatic N) is 1. The first-order valence-corrected chi connectivity index (χ1v) is 6.42. The number of thiophene rings is 1. The van der Waals surface area contributed by atoms with E-state index >= 15 is 0 Å². The molecule has 1 amide bonds. The van der Waals surface area contributed by atoms with Crippen LogP contribution in [-0.4, -0.2) is 29.7 Å². The number of piperidine rings is 1. The van der Waals surface area contributed by atoms with Crippen molar-refractivity contribution in [3.63, 3.8) is 0 Å². The van der Waals surface area contributed by atoms with E-state index < -0.39 is 0 Å². The van der Waals surface area contributed by atoms with Crippen LogP contribution in [0.4, 0.5) is 0 Å². The molecule has 0 N–H and O–H groups in total. The highest BCUT2D eigenvalue weighted by molar-refractivity contribution is 7.14. The van der Waals surface area contributed by atoms with Crippen molar-refractivity contribution in [1.82, 2.24) is 4.90 Å². The second-order valence-electron chi connectivity index (χ2n) is 3.95. The van der Waals surface area contributed by atoms with Crippen molar-refractivity contribution in [2.24, 2.45) is 0 Å². The van der Waals surface area contributed by atoms with E-state index in [1.807, 2.05) is 12.1 Å². The molecule has 1 saturated heterocycles. The lowest BCUT2D eigenvalue weighted by Gasteiger charge is -2.25. The number of carbonyl (C=O) groups is 2. The van der Waals surface area contributed by atoms with Crippen molar-refractivity contribution >= 4 is 23.0 Å². The minimum absolute atomic E-state index is 0.0807. The fraction of sp³-hybridized carbons (Fsp3) is 0.500. The van der Waals surface area contributed by atoms with Crippen LogP contribution in [0.15, 0.2) is 12.1 Å². The van der Waals surface area contributed by atoms with E-state index in [0.29, 0.717) is 25.9 Å². The Labute approximate surface area is 99.1 Å². The molecule has 1 aliphatic rings. The van der Waals surface area contributed by atoms with Crippen LogP contribution >= 0.6 is 11.3 Å². The van der Waals surface area contributed by atoms with Gasteiger partial charge in [0.2, 0.25) is 0 Å². The van der Waals surface area contributed by atoms with Gasteiger partial charge in [-0.25, -0.2) is 0 Å². The minimum atomic E-state index is 0.0807. The van der Waals surface area contributed by atoms with E-state index in [-0.39, 0.29) is 11.7 Å². The zero-order valence-corrected chi connectivity index (χ0v) is 10.2. The molecule has 0 aliphatic carbocycles. The number of likely N-dealkylation sites (tertiary alicyclic amines) is 1. The van der Waals surface area contributed by atoms with Crippen LogP contribution in [-0.2, 0) is 11.2 Å². The topological polar surface area (TPSA) is 37.4 Å². The number of ketones is 1. The highest BCUT2D eigenvalue weighted by Gasteiger charge is 2.22. The van der Waals surface area contributed by atoms with Gasteiger partial charge in [-0.2, -0.15) is 0 Å². The smallest absolute Gasteiger partial charge is 0.263 e. The summed E-state index contributed by atoms with van der Waals surface area (Å²) < 4.78 is 0. The maximum absolute atomic E-state index is 12.1. The molecule has 0 unspecified atom stereocenters. The van der Waals surface area contributed by atoms with Gasteiger partial charge in [0.25, 0.3) is 5.91 Å². The lowest BCUT2D eigenvalue weighted by atomic mass is 10.1. The standard InChI is InChI=1S/C12H15NO2S/c1-2-10-3-4-11(16-10)12(15)13-7-5-9(14)6-8-13/h3-4H,2,5-8H2,1H3. The molecule has 0 atom stereocenters. The summed E-state index contributed by atoms with van der Waals surface area (Å²) in [7, 11) is 0. The van der Waals surface area contributed by atoms with Gasteiger partial charge >= 0.3 is 0 Å². The van der Waals surface area contributed by atoms with Gasteiger partial charge in [0, 0.05) is 30.8 Å². The molecule has 1 fully saturated rings. The first-order valence-electron chi connectivity index (χ1n) is 5.60. The number of hydrogen-bond acceptors (Lipinski definition) is 3. The minimum Gasteiger partial charge on any atom is -0.337 e. The quantitative estimate of drug-likeness (QED) is 0.790. The summed E-state index contributed by atoms with van der Waals surface area (Å²) in [5.41, 5.74) is 0. The second kappa shape index (κ2) is 4.78. The van der Waals surface area contributed by atoms with Gasteiger partial charge in [-0.1, -0.05) is 6.92 Å². The molecule has 3 nitrogen and oxygen atoms in total. The van der Waals surface area contributed by atoms with Crippen LogP contribution in [0.5, 0.6) is 0 Å². The Bertz CT molecular complexity index is 401. The molecule has 16 heavy (non-hydrogen) atoms. The third-order valence-corrected chi connectivity index (χ3v) is 4.05. The normalized spacial score (nSPS) is 16.6. The largest absolute Gasteiger partial charge is 0.337 e. The second-order valence-corrected chi connectivity index (χ2v) is 5.12. The Hall–Kier alpha value is -1.16. The predicted molar refractivity (Wildman–Crippen MR) is 63.8 cm³/mol. The Morgan fingerprint density at radius 3 is 2.62 bits per heavy atom. The average Bonchev–Trinajstić information content (AvgIpc) is 2.77. The fourth-order valence-electron chi connectivity index (χ4n) is 1.80. The van der Waals surface area contributed by atoms with Gasteiger partial charge in [0.15, 0.2) is 0 Å². The van der Waals surface area contributed by atoms with Crippen LogP contribution < -0.4 is 0 Å². The number of amides is 1. The van der Waals surface area contributed by atoms with E-state index in [2.05, 4.69) is 6.92 Å². The molecule has 2 rings (SSSR count). The van der Waals surface area contributed by atoms with Gasteiger partial charge in [-0.15, -0.1) is 11.3 Å². The summed E-state index contributed by atoms with van der Waals surface area (Å²) in [6.07, 6.45) is 1.99. The number of rotatable bonds is 2. The van der Waals surface area contributed by atoms with Crippen molar-refractivity contribution in [3.05, 3.63) is 21.9 Å². The van der Waals surface area contributed by atoms with Crippen LogP contribution in [0.2, 0.25) is 0 Å². The van der Waals surface area contributed by atoms with E-state index in [1.165, 1.54) is 4.88 Å². The number of hydrogen-bond donors (Lipinski definition) is 0. The highest BCUT2D eigenvalue weighted by Crippen LogP contribution is 2.20. The van der Waals surface area contributed by atoms with Crippen LogP contribution in [0.25, 0.3) is 0 Å². The third kappa shape index (κ3) is 2.32. The number of carbonyl (C=O) groups excluding carboxylic acids is 2. The van der Waals surface area contributed by atoms with Crippen LogP contribution in [0.3, 0.4) is 0 Å². The van der Waals surface area contributed by atoms with Gasteiger partial charge < -0.3 is 4.90 Å². The van der Waals surface area contributed by atoms with Gasteiger partial charge in [0.1, 0.15) is 5.78 Å². The summed E-state index contributed by atoms with van der Waals surface area (Å²) in [5, 5.41) is 0. The monoisotopic (exact) mass is 237 g/mol. The fourth-order valence-corrected chi connectivity index (χ4v) is 2.71. The summed E-state index contributed by atoms with van der Waals surface area (Å²) in [5.74, 6) is 0.349. The molecule has 86 valence electrons. The number of aryl methyl sites for hydroxylation is 1. The van der Waals surface area contributed by atoms with Crippen molar-refractivity contribution in [1.29, 1.82) is 0 Å². The van der Waals surface area contributed by atoms with Crippen LogP contribution in [0.1, 0.15) is 34.3 Å². The summed E-state index contributed by atoms with van der Waals surface area (Å²) >= 11 is 1.56. The SMILES string of the molecule is CCc1ccc(C(=O)N2CCC(=O)CC2)s1. The molecule has 1 aromatic heterocycles. The lowest BCUT2D eigenvalue weighted by Crippen LogP contribution is -2.38. The van der Waals surface area contributed by atoms with Gasteiger partial charge in [0.05, 0.1) is 4.88 Å². The number of Topliss-reactive ketones (excluding diaryl/α,β-unsaturated/α-hetero) is 1. The van der Waals surface area contributed by atoms with Crippen molar-refractivity contribution in [2.45, 2.75) is 26.2 Å². The predicted octanol–water partition coefficient (Wildman–Crippen LogP) is 2.12. The molecule has 0 radical (unpaired) electrons. The lowest BCUT2D eigenvalue weighted by molar-refractivity contribution is -0.120. The maximum Gasteiger partial charge on any atom is 0.263 e. The Kier molecular flexibility index (Phi) is 3.39. The zero-order chi connectivity index (χ0) is 11.5. The first-order chi connectivity index (χ1) is 7.70. The molecular weight excluding hydrogens is 222 g/mol. The molecule has 2 heterocycles. The molecule has 0 saturated carbocycles. The molecule has 0 aromatic carbocycles. The van der Waals surface area contributed by atoms with E-state index in [1.54, 1.807) is 16.2 Å². The van der Waals surface area contributed by atoms with Crippen LogP contribution in [0, 0.1) is 0 Å². The Balaban J connectivity index is 2.04. The van der Waals surface area contributed by atoms with E-state index in [4.69, 9.17) is 0 Å². The van der Waals surface area contributed by atoms with E-state index in [0.717, 1.165) is 11.3 Å². The molecule has 0 bridgehead atoms. The zero-order valence-electron chi connectivity index (χ0n) is 9.36. The summed E-state index contributed by atoms with van der Waals surface area (Å²) in [6.45, 7) is 3.24. The Morgan fingerprint density at radius 2 is 2.06 bits per heavy atom. The van der Waals surface area contributed by atoms with Gasteiger partial charge in [-0.05, 0) is 18.6 Å². The molecular formula is C12H15NO2S. The molecule has 1 aromatic rings. The first kappa shape index (κ1) is 11.3.